The highest BCUT2D eigenvalue weighted by molar-refractivity contribution is 5.47. The minimum absolute atomic E-state index is 0.132. The van der Waals surface area contributed by atoms with E-state index < -0.39 is 0 Å². The summed E-state index contributed by atoms with van der Waals surface area (Å²) >= 11 is 0. The second-order valence-electron chi connectivity index (χ2n) is 4.76. The van der Waals surface area contributed by atoms with Crippen LogP contribution in [0.3, 0.4) is 0 Å². The van der Waals surface area contributed by atoms with Crippen LogP contribution in [0, 0.1) is 5.82 Å². The second kappa shape index (κ2) is 5.92. The molecule has 2 aromatic carbocycles. The topological polar surface area (TPSA) is 24.5 Å². The maximum absolute atomic E-state index is 13.2. The molecule has 104 valence electrons. The summed E-state index contributed by atoms with van der Waals surface area (Å²) in [5.41, 5.74) is 1.12. The fourth-order valence-corrected chi connectivity index (χ4v) is 2.40. The minimum atomic E-state index is -0.280. The fourth-order valence-electron chi connectivity index (χ4n) is 2.40. The van der Waals surface area contributed by atoms with Crippen molar-refractivity contribution in [1.82, 2.24) is 5.32 Å². The average molecular weight is 272 g/mol. The number of hydrogen-bond acceptors (Lipinski definition) is 3. The lowest BCUT2D eigenvalue weighted by Crippen LogP contribution is -2.54. The summed E-state index contributed by atoms with van der Waals surface area (Å²) in [6, 6.07) is 16.4. The summed E-state index contributed by atoms with van der Waals surface area (Å²) in [5.74, 6) is 0.275. The predicted octanol–water partition coefficient (Wildman–Crippen LogP) is 2.64. The van der Waals surface area contributed by atoms with E-state index in [1.807, 2.05) is 18.2 Å². The van der Waals surface area contributed by atoms with E-state index >= 15 is 0 Å². The molecule has 0 spiro atoms. The smallest absolute Gasteiger partial charge is 0.184 e. The number of piperazine rings is 1. The van der Waals surface area contributed by atoms with Crippen LogP contribution in [0.4, 0.5) is 10.1 Å². The van der Waals surface area contributed by atoms with Gasteiger partial charge in [-0.2, -0.15) is 0 Å². The second-order valence-corrected chi connectivity index (χ2v) is 4.76. The van der Waals surface area contributed by atoms with Crippen molar-refractivity contribution in [2.75, 3.05) is 24.5 Å². The van der Waals surface area contributed by atoms with Gasteiger partial charge in [-0.3, -0.25) is 0 Å². The summed E-state index contributed by atoms with van der Waals surface area (Å²) in [6.45, 7) is 2.49. The standard InChI is InChI=1S/C16H17FN2O/c17-13-5-4-8-15(11-13)20-16-12-18-9-10-19(16)14-6-2-1-3-7-14/h1-8,11,16,18H,9-10,12H2/t16-/m1/s1. The number of para-hydroxylation sites is 1. The van der Waals surface area contributed by atoms with Crippen LogP contribution in [0.1, 0.15) is 0 Å². The van der Waals surface area contributed by atoms with Crippen molar-refractivity contribution in [3.63, 3.8) is 0 Å². The number of halogens is 1. The quantitative estimate of drug-likeness (QED) is 0.929. The molecule has 0 bridgehead atoms. The van der Waals surface area contributed by atoms with Crippen molar-refractivity contribution in [3.8, 4) is 5.75 Å². The normalized spacial score (nSPS) is 18.9. The minimum Gasteiger partial charge on any atom is -0.469 e. The van der Waals surface area contributed by atoms with E-state index in [1.54, 1.807) is 12.1 Å². The van der Waals surface area contributed by atoms with Crippen LogP contribution in [0.15, 0.2) is 54.6 Å². The first-order chi connectivity index (χ1) is 9.83. The van der Waals surface area contributed by atoms with Crippen LogP contribution in [-0.4, -0.2) is 25.9 Å². The molecule has 0 unspecified atom stereocenters. The van der Waals surface area contributed by atoms with E-state index in [0.717, 1.165) is 18.8 Å². The largest absolute Gasteiger partial charge is 0.469 e. The molecule has 1 aliphatic rings. The number of nitrogens with one attached hydrogen (secondary N) is 1. The van der Waals surface area contributed by atoms with Gasteiger partial charge >= 0.3 is 0 Å². The molecular weight excluding hydrogens is 255 g/mol. The van der Waals surface area contributed by atoms with Gasteiger partial charge in [0, 0.05) is 24.8 Å². The molecule has 4 heteroatoms. The van der Waals surface area contributed by atoms with Gasteiger partial charge in [-0.15, -0.1) is 0 Å². The number of anilines is 1. The lowest BCUT2D eigenvalue weighted by Gasteiger charge is -2.37. The zero-order valence-corrected chi connectivity index (χ0v) is 11.1. The molecule has 0 aliphatic carbocycles. The lowest BCUT2D eigenvalue weighted by molar-refractivity contribution is 0.176. The molecule has 1 saturated heterocycles. The Morgan fingerprint density at radius 3 is 2.75 bits per heavy atom. The molecule has 0 amide bonds. The van der Waals surface area contributed by atoms with Gasteiger partial charge in [-0.05, 0) is 24.3 Å². The Morgan fingerprint density at radius 1 is 1.10 bits per heavy atom. The third-order valence-electron chi connectivity index (χ3n) is 3.35. The molecule has 3 nitrogen and oxygen atoms in total. The Morgan fingerprint density at radius 2 is 1.95 bits per heavy atom. The van der Waals surface area contributed by atoms with Crippen molar-refractivity contribution in [1.29, 1.82) is 0 Å². The first-order valence-corrected chi connectivity index (χ1v) is 6.77. The summed E-state index contributed by atoms with van der Waals surface area (Å²) in [6.07, 6.45) is -0.132. The molecule has 3 rings (SSSR count). The van der Waals surface area contributed by atoms with Crippen LogP contribution in [-0.2, 0) is 0 Å². The van der Waals surface area contributed by atoms with Gasteiger partial charge in [-0.1, -0.05) is 24.3 Å². The molecule has 20 heavy (non-hydrogen) atoms. The molecule has 1 heterocycles. The predicted molar refractivity (Wildman–Crippen MR) is 77.5 cm³/mol. The van der Waals surface area contributed by atoms with E-state index in [9.17, 15) is 4.39 Å². The number of nitrogens with zero attached hydrogens (tertiary/aromatic N) is 1. The van der Waals surface area contributed by atoms with Gasteiger partial charge in [-0.25, -0.2) is 4.39 Å². The average Bonchev–Trinajstić information content (AvgIpc) is 2.49. The van der Waals surface area contributed by atoms with Gasteiger partial charge < -0.3 is 15.0 Å². The molecule has 1 N–H and O–H groups in total. The molecule has 0 saturated carbocycles. The van der Waals surface area contributed by atoms with Crippen LogP contribution in [0.25, 0.3) is 0 Å². The van der Waals surface area contributed by atoms with Crippen molar-refractivity contribution >= 4 is 5.69 Å². The molecular formula is C16H17FN2O. The van der Waals surface area contributed by atoms with E-state index in [4.69, 9.17) is 4.74 Å². The van der Waals surface area contributed by atoms with Crippen LogP contribution >= 0.6 is 0 Å². The fraction of sp³-hybridized carbons (Fsp3) is 0.250. The summed E-state index contributed by atoms with van der Waals surface area (Å²) < 4.78 is 19.2. The Labute approximate surface area is 118 Å². The van der Waals surface area contributed by atoms with E-state index in [1.165, 1.54) is 12.1 Å². The monoisotopic (exact) mass is 272 g/mol. The Kier molecular flexibility index (Phi) is 3.83. The lowest BCUT2D eigenvalue weighted by atomic mass is 10.2. The van der Waals surface area contributed by atoms with E-state index in [-0.39, 0.29) is 12.0 Å². The van der Waals surface area contributed by atoms with Gasteiger partial charge in [0.15, 0.2) is 6.23 Å². The maximum Gasteiger partial charge on any atom is 0.184 e. The van der Waals surface area contributed by atoms with Crippen molar-refractivity contribution in [3.05, 3.63) is 60.4 Å². The molecule has 0 aromatic heterocycles. The molecule has 1 fully saturated rings. The summed E-state index contributed by atoms with van der Waals surface area (Å²) in [4.78, 5) is 2.20. The molecule has 0 radical (unpaired) electrons. The van der Waals surface area contributed by atoms with Crippen molar-refractivity contribution in [2.45, 2.75) is 6.23 Å². The number of rotatable bonds is 3. The van der Waals surface area contributed by atoms with Gasteiger partial charge in [0.1, 0.15) is 11.6 Å². The first-order valence-electron chi connectivity index (χ1n) is 6.77. The van der Waals surface area contributed by atoms with E-state index in [2.05, 4.69) is 22.3 Å². The summed E-state index contributed by atoms with van der Waals surface area (Å²) in [7, 11) is 0. The number of hydrogen-bond donors (Lipinski definition) is 1. The van der Waals surface area contributed by atoms with Crippen molar-refractivity contribution < 1.29 is 9.13 Å². The number of benzene rings is 2. The zero-order chi connectivity index (χ0) is 13.8. The van der Waals surface area contributed by atoms with Crippen molar-refractivity contribution in [2.24, 2.45) is 0 Å². The van der Waals surface area contributed by atoms with Gasteiger partial charge in [0.05, 0.1) is 6.54 Å². The molecule has 1 atom stereocenters. The summed E-state index contributed by atoms with van der Waals surface area (Å²) in [5, 5.41) is 3.31. The Hall–Kier alpha value is -2.07. The Balaban J connectivity index is 1.79. The zero-order valence-electron chi connectivity index (χ0n) is 11.1. The third kappa shape index (κ3) is 2.91. The maximum atomic E-state index is 13.2. The van der Waals surface area contributed by atoms with Crippen LogP contribution in [0.5, 0.6) is 5.75 Å². The molecule has 1 aliphatic heterocycles. The van der Waals surface area contributed by atoms with Gasteiger partial charge in [0.25, 0.3) is 0 Å². The van der Waals surface area contributed by atoms with Gasteiger partial charge in [0.2, 0.25) is 0 Å². The first kappa shape index (κ1) is 12.9. The highest BCUT2D eigenvalue weighted by Gasteiger charge is 2.23. The highest BCUT2D eigenvalue weighted by Crippen LogP contribution is 2.21. The molecule has 2 aromatic rings. The van der Waals surface area contributed by atoms with E-state index in [0.29, 0.717) is 12.3 Å². The van der Waals surface area contributed by atoms with Crippen LogP contribution < -0.4 is 15.0 Å². The van der Waals surface area contributed by atoms with Crippen LogP contribution in [0.2, 0.25) is 0 Å². The Bertz CT molecular complexity index is 561. The third-order valence-corrected chi connectivity index (χ3v) is 3.35. The SMILES string of the molecule is Fc1cccc(O[C@@H]2CNCCN2c2ccccc2)c1. The highest BCUT2D eigenvalue weighted by atomic mass is 19.1. The number of ether oxygens (including phenoxy) is 1.